The molecule has 1 aromatic rings. The topological polar surface area (TPSA) is 21.3 Å². The lowest BCUT2D eigenvalue weighted by Crippen LogP contribution is -2.20. The van der Waals surface area contributed by atoms with E-state index in [1.807, 2.05) is 18.4 Å². The molecule has 2 heterocycles. The van der Waals surface area contributed by atoms with E-state index in [1.165, 1.54) is 20.6 Å². The van der Waals surface area contributed by atoms with Crippen molar-refractivity contribution < 1.29 is 4.74 Å². The number of thiophene rings is 1. The van der Waals surface area contributed by atoms with Crippen LogP contribution in [0.25, 0.3) is 0 Å². The van der Waals surface area contributed by atoms with Crippen LogP contribution in [0.3, 0.4) is 0 Å². The fraction of sp³-hybridized carbons (Fsp3) is 0.636. The summed E-state index contributed by atoms with van der Waals surface area (Å²) in [7, 11) is 2.00. The molecule has 1 aliphatic rings. The minimum absolute atomic E-state index is 0.299. The number of aryl methyl sites for hydroxylation is 1. The van der Waals surface area contributed by atoms with E-state index in [2.05, 4.69) is 34.2 Å². The predicted octanol–water partition coefficient (Wildman–Crippen LogP) is 3.12. The average Bonchev–Trinajstić information content (AvgIpc) is 2.76. The fourth-order valence-electron chi connectivity index (χ4n) is 2.04. The summed E-state index contributed by atoms with van der Waals surface area (Å²) in [6, 6.07) is 2.21. The molecule has 0 amide bonds. The Bertz CT molecular complexity index is 320. The first-order valence-corrected chi connectivity index (χ1v) is 6.85. The maximum atomic E-state index is 5.82. The fourth-order valence-corrected chi connectivity index (χ4v) is 3.75. The van der Waals surface area contributed by atoms with Gasteiger partial charge in [0.15, 0.2) is 0 Å². The van der Waals surface area contributed by atoms with E-state index < -0.39 is 0 Å². The zero-order valence-corrected chi connectivity index (χ0v) is 11.5. The number of hydrogen-bond acceptors (Lipinski definition) is 3. The largest absolute Gasteiger partial charge is 0.372 e. The van der Waals surface area contributed by atoms with Crippen LogP contribution in [-0.4, -0.2) is 20.2 Å². The first kappa shape index (κ1) is 11.6. The molecule has 84 valence electrons. The summed E-state index contributed by atoms with van der Waals surface area (Å²) in [5, 5.41) is 3.24. The Labute approximate surface area is 103 Å². The van der Waals surface area contributed by atoms with E-state index in [9.17, 15) is 0 Å². The minimum Gasteiger partial charge on any atom is -0.372 e. The van der Waals surface area contributed by atoms with Crippen molar-refractivity contribution in [2.75, 3.05) is 20.2 Å². The Morgan fingerprint density at radius 3 is 3.07 bits per heavy atom. The maximum Gasteiger partial charge on any atom is 0.0958 e. The highest BCUT2D eigenvalue weighted by Crippen LogP contribution is 2.40. The lowest BCUT2D eigenvalue weighted by atomic mass is 10.0. The molecule has 0 aliphatic carbocycles. The highest BCUT2D eigenvalue weighted by Gasteiger charge is 2.30. The lowest BCUT2D eigenvalue weighted by Gasteiger charge is -2.16. The van der Waals surface area contributed by atoms with E-state index in [0.29, 0.717) is 12.0 Å². The summed E-state index contributed by atoms with van der Waals surface area (Å²) in [6.45, 7) is 4.07. The van der Waals surface area contributed by atoms with Gasteiger partial charge >= 0.3 is 0 Å². The SMILES string of the molecule is CNCC1CCOC1c1cc(Br)c(C)s1. The monoisotopic (exact) mass is 289 g/mol. The quantitative estimate of drug-likeness (QED) is 0.923. The van der Waals surface area contributed by atoms with Gasteiger partial charge in [0.1, 0.15) is 0 Å². The van der Waals surface area contributed by atoms with Crippen LogP contribution < -0.4 is 5.32 Å². The highest BCUT2D eigenvalue weighted by molar-refractivity contribution is 9.10. The second kappa shape index (κ2) is 4.95. The molecule has 0 spiro atoms. The molecule has 2 rings (SSSR count). The Kier molecular flexibility index (Phi) is 3.83. The van der Waals surface area contributed by atoms with Gasteiger partial charge in [-0.3, -0.25) is 0 Å². The predicted molar refractivity (Wildman–Crippen MR) is 67.5 cm³/mol. The van der Waals surface area contributed by atoms with Crippen molar-refractivity contribution in [1.82, 2.24) is 5.32 Å². The number of ether oxygens (including phenoxy) is 1. The van der Waals surface area contributed by atoms with Crippen LogP contribution in [0, 0.1) is 12.8 Å². The number of hydrogen-bond donors (Lipinski definition) is 1. The van der Waals surface area contributed by atoms with E-state index in [0.717, 1.165) is 13.2 Å². The smallest absolute Gasteiger partial charge is 0.0958 e. The molecule has 0 bridgehead atoms. The Morgan fingerprint density at radius 2 is 2.47 bits per heavy atom. The van der Waals surface area contributed by atoms with Gasteiger partial charge in [-0.25, -0.2) is 0 Å². The molecule has 1 N–H and O–H groups in total. The summed E-state index contributed by atoms with van der Waals surface area (Å²) in [5.41, 5.74) is 0. The van der Waals surface area contributed by atoms with Crippen LogP contribution >= 0.6 is 27.3 Å². The van der Waals surface area contributed by atoms with Crippen LogP contribution in [-0.2, 0) is 4.74 Å². The molecule has 1 fully saturated rings. The van der Waals surface area contributed by atoms with Crippen molar-refractivity contribution in [3.63, 3.8) is 0 Å². The first-order chi connectivity index (χ1) is 7.22. The molecule has 4 heteroatoms. The van der Waals surface area contributed by atoms with Crippen molar-refractivity contribution in [3.05, 3.63) is 20.3 Å². The van der Waals surface area contributed by atoms with Gasteiger partial charge in [-0.15, -0.1) is 11.3 Å². The molecular formula is C11H16BrNOS. The summed E-state index contributed by atoms with van der Waals surface area (Å²) in [6.07, 6.45) is 1.47. The molecule has 1 aliphatic heterocycles. The molecule has 2 nitrogen and oxygen atoms in total. The van der Waals surface area contributed by atoms with Gasteiger partial charge in [0.05, 0.1) is 6.10 Å². The normalized spacial score (nSPS) is 26.1. The van der Waals surface area contributed by atoms with Crippen molar-refractivity contribution >= 4 is 27.3 Å². The summed E-state index contributed by atoms with van der Waals surface area (Å²) in [4.78, 5) is 2.70. The second-order valence-electron chi connectivity index (χ2n) is 3.95. The zero-order chi connectivity index (χ0) is 10.8. The third kappa shape index (κ3) is 2.44. The molecule has 2 atom stereocenters. The number of rotatable bonds is 3. The molecular weight excluding hydrogens is 274 g/mol. The lowest BCUT2D eigenvalue weighted by molar-refractivity contribution is 0.0938. The Balaban J connectivity index is 2.15. The van der Waals surface area contributed by atoms with Gasteiger partial charge in [-0.2, -0.15) is 0 Å². The molecule has 1 saturated heterocycles. The van der Waals surface area contributed by atoms with E-state index >= 15 is 0 Å². The van der Waals surface area contributed by atoms with Gasteiger partial charge in [0, 0.05) is 33.3 Å². The Hall–Kier alpha value is 0.1000. The van der Waals surface area contributed by atoms with Crippen molar-refractivity contribution in [2.24, 2.45) is 5.92 Å². The maximum absolute atomic E-state index is 5.82. The van der Waals surface area contributed by atoms with Gasteiger partial charge < -0.3 is 10.1 Å². The molecule has 15 heavy (non-hydrogen) atoms. The zero-order valence-electron chi connectivity index (χ0n) is 9.05. The molecule has 2 unspecified atom stereocenters. The third-order valence-corrected chi connectivity index (χ3v) is 5.04. The third-order valence-electron chi connectivity index (χ3n) is 2.84. The van der Waals surface area contributed by atoms with E-state index in [-0.39, 0.29) is 0 Å². The number of halogens is 1. The first-order valence-electron chi connectivity index (χ1n) is 5.24. The van der Waals surface area contributed by atoms with Crippen molar-refractivity contribution in [1.29, 1.82) is 0 Å². The van der Waals surface area contributed by atoms with Crippen LogP contribution in [0.2, 0.25) is 0 Å². The van der Waals surface area contributed by atoms with Crippen LogP contribution in [0.5, 0.6) is 0 Å². The van der Waals surface area contributed by atoms with Crippen molar-refractivity contribution in [3.8, 4) is 0 Å². The molecule has 1 aromatic heterocycles. The minimum atomic E-state index is 0.299. The second-order valence-corrected chi connectivity index (χ2v) is 6.09. The summed E-state index contributed by atoms with van der Waals surface area (Å²) >= 11 is 5.40. The van der Waals surface area contributed by atoms with Gasteiger partial charge in [0.25, 0.3) is 0 Å². The average molecular weight is 290 g/mol. The molecule has 0 radical (unpaired) electrons. The Morgan fingerprint density at radius 1 is 1.67 bits per heavy atom. The summed E-state index contributed by atoms with van der Waals surface area (Å²) in [5.74, 6) is 0.625. The highest BCUT2D eigenvalue weighted by atomic mass is 79.9. The van der Waals surface area contributed by atoms with Crippen molar-refractivity contribution in [2.45, 2.75) is 19.4 Å². The summed E-state index contributed by atoms with van der Waals surface area (Å²) < 4.78 is 7.03. The van der Waals surface area contributed by atoms with Gasteiger partial charge in [0.2, 0.25) is 0 Å². The van der Waals surface area contributed by atoms with E-state index in [1.54, 1.807) is 0 Å². The van der Waals surface area contributed by atoms with Crippen LogP contribution in [0.4, 0.5) is 0 Å². The van der Waals surface area contributed by atoms with Gasteiger partial charge in [-0.1, -0.05) is 0 Å². The molecule has 0 aromatic carbocycles. The van der Waals surface area contributed by atoms with Crippen LogP contribution in [0.15, 0.2) is 10.5 Å². The van der Waals surface area contributed by atoms with Crippen LogP contribution in [0.1, 0.15) is 22.3 Å². The molecule has 0 saturated carbocycles. The standard InChI is InChI=1S/C11H16BrNOS/c1-7-9(12)5-10(15-7)11-8(6-13-2)3-4-14-11/h5,8,11,13H,3-4,6H2,1-2H3. The number of nitrogens with one attached hydrogen (secondary N) is 1. The van der Waals surface area contributed by atoms with E-state index in [4.69, 9.17) is 4.74 Å². The van der Waals surface area contributed by atoms with Gasteiger partial charge in [-0.05, 0) is 42.4 Å².